The average Bonchev–Trinajstić information content (AvgIpc) is 3.06. The van der Waals surface area contributed by atoms with E-state index in [1.807, 2.05) is 0 Å². The quantitative estimate of drug-likeness (QED) is 0.422. The van der Waals surface area contributed by atoms with Crippen LogP contribution in [0.4, 0.5) is 16.2 Å². The molecule has 0 fully saturated rings. The maximum atomic E-state index is 11.9. The molecule has 1 heterocycles. The van der Waals surface area contributed by atoms with E-state index < -0.39 is 11.0 Å². The summed E-state index contributed by atoms with van der Waals surface area (Å²) in [6.45, 7) is 1.65. The van der Waals surface area contributed by atoms with Gasteiger partial charge in [-0.15, -0.1) is 0 Å². The van der Waals surface area contributed by atoms with Crippen molar-refractivity contribution in [1.29, 1.82) is 0 Å². The Morgan fingerprint density at radius 3 is 2.96 bits per heavy atom. The molecule has 0 aliphatic heterocycles. The molecule has 0 saturated carbocycles. The highest BCUT2D eigenvalue weighted by molar-refractivity contribution is 7.00. The number of nitrogens with one attached hydrogen (secondary N) is 2. The number of aryl methyl sites for hydroxylation is 1. The molecule has 126 valence electrons. The van der Waals surface area contributed by atoms with Gasteiger partial charge in [0, 0.05) is 17.2 Å². The van der Waals surface area contributed by atoms with Gasteiger partial charge in [-0.3, -0.25) is 10.1 Å². The topological polar surface area (TPSA) is 122 Å². The number of aromatic nitrogens is 2. The summed E-state index contributed by atoms with van der Waals surface area (Å²) in [6.07, 6.45) is 1.33. The molecule has 0 aliphatic rings. The number of hydrazone groups is 1. The Labute approximate surface area is 145 Å². The van der Waals surface area contributed by atoms with Crippen LogP contribution in [0.3, 0.4) is 0 Å². The third-order valence-electron chi connectivity index (χ3n) is 3.34. The summed E-state index contributed by atoms with van der Waals surface area (Å²) in [4.78, 5) is 22.4. The van der Waals surface area contributed by atoms with Crippen molar-refractivity contribution in [3.05, 3.63) is 57.6 Å². The van der Waals surface area contributed by atoms with E-state index in [0.29, 0.717) is 27.8 Å². The number of carbonyl (C=O) groups excluding carboxylic acids is 1. The molecule has 0 aliphatic carbocycles. The fourth-order valence-electron chi connectivity index (χ4n) is 2.13. The zero-order valence-corrected chi connectivity index (χ0v) is 13.8. The lowest BCUT2D eigenvalue weighted by atomic mass is 10.1. The molecule has 0 unspecified atom stereocenters. The van der Waals surface area contributed by atoms with Crippen molar-refractivity contribution in [1.82, 2.24) is 14.2 Å². The van der Waals surface area contributed by atoms with E-state index in [4.69, 9.17) is 0 Å². The molecule has 0 radical (unpaired) electrons. The van der Waals surface area contributed by atoms with Crippen molar-refractivity contribution in [2.75, 3.05) is 5.32 Å². The van der Waals surface area contributed by atoms with Gasteiger partial charge in [0.25, 0.3) is 5.69 Å². The van der Waals surface area contributed by atoms with Gasteiger partial charge in [-0.05, 0) is 19.1 Å². The zero-order chi connectivity index (χ0) is 17.8. The van der Waals surface area contributed by atoms with Crippen LogP contribution in [0, 0.1) is 17.0 Å². The van der Waals surface area contributed by atoms with Crippen LogP contribution in [0.15, 0.2) is 41.5 Å². The molecular weight excluding hydrogens is 344 g/mol. The number of nitrogens with zero attached hydrogens (tertiary/aromatic N) is 4. The number of rotatable bonds is 4. The molecule has 10 heteroatoms. The summed E-state index contributed by atoms with van der Waals surface area (Å²) < 4.78 is 8.21. The highest BCUT2D eigenvalue weighted by atomic mass is 32.1. The minimum atomic E-state index is -0.557. The van der Waals surface area contributed by atoms with Crippen LogP contribution in [0.1, 0.15) is 11.1 Å². The highest BCUT2D eigenvalue weighted by Crippen LogP contribution is 2.21. The van der Waals surface area contributed by atoms with Crippen molar-refractivity contribution in [2.45, 2.75) is 6.92 Å². The molecule has 0 atom stereocenters. The van der Waals surface area contributed by atoms with E-state index in [9.17, 15) is 14.9 Å². The summed E-state index contributed by atoms with van der Waals surface area (Å²) >= 11 is 1.06. The van der Waals surface area contributed by atoms with Crippen LogP contribution in [0.2, 0.25) is 0 Å². The molecule has 1 aromatic heterocycles. The lowest BCUT2D eigenvalue weighted by Gasteiger charge is -2.04. The van der Waals surface area contributed by atoms with E-state index in [-0.39, 0.29) is 5.69 Å². The first-order valence-corrected chi connectivity index (χ1v) is 7.84. The molecule has 9 nitrogen and oxygen atoms in total. The van der Waals surface area contributed by atoms with Gasteiger partial charge in [-0.2, -0.15) is 13.8 Å². The average molecular weight is 356 g/mol. The monoisotopic (exact) mass is 356 g/mol. The van der Waals surface area contributed by atoms with Crippen molar-refractivity contribution >= 4 is 46.4 Å². The van der Waals surface area contributed by atoms with Gasteiger partial charge in [0.2, 0.25) is 0 Å². The molecule has 3 rings (SSSR count). The van der Waals surface area contributed by atoms with Crippen LogP contribution in [0.25, 0.3) is 11.0 Å². The normalized spacial score (nSPS) is 10.9. The van der Waals surface area contributed by atoms with Crippen LogP contribution in [-0.4, -0.2) is 25.9 Å². The first-order valence-electron chi connectivity index (χ1n) is 7.11. The largest absolute Gasteiger partial charge is 0.339 e. The molecule has 25 heavy (non-hydrogen) atoms. The second-order valence-corrected chi connectivity index (χ2v) is 5.59. The number of carbonyl (C=O) groups is 1. The van der Waals surface area contributed by atoms with Crippen molar-refractivity contribution in [3.63, 3.8) is 0 Å². The minimum Gasteiger partial charge on any atom is -0.304 e. The summed E-state index contributed by atoms with van der Waals surface area (Å²) in [5.74, 6) is 0. The molecule has 2 aromatic carbocycles. The Bertz CT molecular complexity index is 984. The Hall–Kier alpha value is -3.40. The smallest absolute Gasteiger partial charge is 0.304 e. The second kappa shape index (κ2) is 7.01. The van der Waals surface area contributed by atoms with E-state index in [2.05, 4.69) is 24.6 Å². The number of benzene rings is 2. The Morgan fingerprint density at radius 2 is 2.16 bits per heavy atom. The number of anilines is 1. The van der Waals surface area contributed by atoms with Crippen molar-refractivity contribution in [3.8, 4) is 0 Å². The molecule has 0 saturated heterocycles. The number of nitro groups is 1. The van der Waals surface area contributed by atoms with E-state index >= 15 is 0 Å². The number of fused-ring (bicyclic) bond motifs is 1. The minimum absolute atomic E-state index is 0.00360. The molecule has 3 aromatic rings. The Morgan fingerprint density at radius 1 is 1.32 bits per heavy atom. The summed E-state index contributed by atoms with van der Waals surface area (Å²) in [6, 6.07) is 9.38. The Balaban J connectivity index is 1.66. The molecule has 0 bridgehead atoms. The number of hydrogen-bond donors (Lipinski definition) is 2. The van der Waals surface area contributed by atoms with Crippen LogP contribution in [-0.2, 0) is 0 Å². The lowest BCUT2D eigenvalue weighted by Crippen LogP contribution is -2.24. The number of hydrogen-bond acceptors (Lipinski definition) is 7. The SMILES string of the molecule is Cc1ccc(/C=N/NC(=O)Nc2cccc3nsnc23)cc1[N+](=O)[O-]. The zero-order valence-electron chi connectivity index (χ0n) is 13.0. The third-order valence-corrected chi connectivity index (χ3v) is 3.89. The fraction of sp³-hybridized carbons (Fsp3) is 0.0667. The van der Waals surface area contributed by atoms with Gasteiger partial charge in [-0.1, -0.05) is 18.2 Å². The number of amides is 2. The van der Waals surface area contributed by atoms with Gasteiger partial charge in [0.1, 0.15) is 11.0 Å². The molecular formula is C15H12N6O3S. The molecule has 2 amide bonds. The summed E-state index contributed by atoms with van der Waals surface area (Å²) in [5, 5.41) is 17.3. The van der Waals surface area contributed by atoms with Crippen molar-refractivity contribution < 1.29 is 9.72 Å². The molecule has 2 N–H and O–H groups in total. The van der Waals surface area contributed by atoms with E-state index in [1.54, 1.807) is 37.3 Å². The number of urea groups is 1. The first-order chi connectivity index (χ1) is 12.0. The van der Waals surface area contributed by atoms with E-state index in [0.717, 1.165) is 11.7 Å². The van der Waals surface area contributed by atoms with Gasteiger partial charge in [0.05, 0.1) is 28.6 Å². The third kappa shape index (κ3) is 3.75. The fourth-order valence-corrected chi connectivity index (χ4v) is 2.68. The van der Waals surface area contributed by atoms with Crippen LogP contribution < -0.4 is 10.7 Å². The first kappa shape index (κ1) is 16.5. The maximum absolute atomic E-state index is 11.9. The van der Waals surface area contributed by atoms with Crippen molar-refractivity contribution in [2.24, 2.45) is 5.10 Å². The van der Waals surface area contributed by atoms with Gasteiger partial charge in [0.15, 0.2) is 0 Å². The molecule has 0 spiro atoms. The van der Waals surface area contributed by atoms with Gasteiger partial charge >= 0.3 is 6.03 Å². The van der Waals surface area contributed by atoms with Gasteiger partial charge < -0.3 is 5.32 Å². The van der Waals surface area contributed by atoms with Crippen LogP contribution >= 0.6 is 11.7 Å². The van der Waals surface area contributed by atoms with E-state index in [1.165, 1.54) is 12.3 Å². The predicted octanol–water partition coefficient (Wildman–Crippen LogP) is 3.06. The Kier molecular flexibility index (Phi) is 4.61. The summed E-state index contributed by atoms with van der Waals surface area (Å²) in [5.41, 5.74) is 5.17. The summed E-state index contributed by atoms with van der Waals surface area (Å²) in [7, 11) is 0. The second-order valence-electron chi connectivity index (χ2n) is 5.06. The lowest BCUT2D eigenvalue weighted by molar-refractivity contribution is -0.385. The standard InChI is InChI=1S/C15H12N6O3S/c1-9-5-6-10(7-13(9)21(23)24)8-16-18-15(22)17-11-3-2-4-12-14(11)20-25-19-12/h2-8H,1H3,(H2,17,18,22)/b16-8+. The highest BCUT2D eigenvalue weighted by Gasteiger charge is 2.10. The predicted molar refractivity (Wildman–Crippen MR) is 95.0 cm³/mol. The van der Waals surface area contributed by atoms with Gasteiger partial charge in [-0.25, -0.2) is 10.2 Å². The maximum Gasteiger partial charge on any atom is 0.339 e. The number of nitro benzene ring substituents is 1. The van der Waals surface area contributed by atoms with Crippen LogP contribution in [0.5, 0.6) is 0 Å².